The van der Waals surface area contributed by atoms with Crippen LogP contribution in [0, 0.1) is 17.6 Å². The molecule has 0 saturated carbocycles. The monoisotopic (exact) mass is 280 g/mol. The van der Waals surface area contributed by atoms with Crippen LogP contribution < -0.4 is 5.32 Å². The Bertz CT molecular complexity index is 542. The van der Waals surface area contributed by atoms with E-state index in [0.29, 0.717) is 6.54 Å². The fourth-order valence-corrected chi connectivity index (χ4v) is 2.77. The number of benzene rings is 1. The van der Waals surface area contributed by atoms with E-state index in [0.717, 1.165) is 43.0 Å². The molecule has 1 aromatic carbocycles. The lowest BCUT2D eigenvalue weighted by atomic mass is 9.97. The topological polar surface area (TPSA) is 49.4 Å². The van der Waals surface area contributed by atoms with Gasteiger partial charge in [-0.3, -0.25) is 14.5 Å². The number of nitrogens with zero attached hydrogens (tertiary/aromatic N) is 1. The minimum Gasteiger partial charge on any atom is -0.317 e. The van der Waals surface area contributed by atoms with Gasteiger partial charge in [0.15, 0.2) is 11.6 Å². The average Bonchev–Trinajstić information content (AvgIpc) is 2.66. The van der Waals surface area contributed by atoms with Gasteiger partial charge in [0, 0.05) is 6.54 Å². The van der Waals surface area contributed by atoms with Gasteiger partial charge < -0.3 is 5.32 Å². The minimum absolute atomic E-state index is 0.0390. The van der Waals surface area contributed by atoms with Gasteiger partial charge in [-0.25, -0.2) is 8.78 Å². The Hall–Kier alpha value is -1.82. The van der Waals surface area contributed by atoms with Gasteiger partial charge in [0.25, 0.3) is 11.8 Å². The van der Waals surface area contributed by atoms with Crippen molar-refractivity contribution >= 4 is 11.8 Å². The van der Waals surface area contributed by atoms with Crippen molar-refractivity contribution < 1.29 is 18.4 Å². The summed E-state index contributed by atoms with van der Waals surface area (Å²) in [5, 5.41) is 3.21. The van der Waals surface area contributed by atoms with Crippen LogP contribution in [0.2, 0.25) is 0 Å². The Balaban J connectivity index is 1.85. The Kier molecular flexibility index (Phi) is 3.25. The zero-order chi connectivity index (χ0) is 14.3. The molecule has 0 bridgehead atoms. The van der Waals surface area contributed by atoms with Crippen LogP contribution in [0.15, 0.2) is 12.1 Å². The van der Waals surface area contributed by atoms with E-state index in [1.807, 2.05) is 0 Å². The lowest BCUT2D eigenvalue weighted by Gasteiger charge is -2.26. The lowest BCUT2D eigenvalue weighted by molar-refractivity contribution is 0.0619. The molecule has 6 heteroatoms. The molecule has 106 valence electrons. The maximum absolute atomic E-state index is 13.2. The zero-order valence-electron chi connectivity index (χ0n) is 10.8. The molecule has 1 N–H and O–H groups in total. The van der Waals surface area contributed by atoms with E-state index in [-0.39, 0.29) is 17.0 Å². The van der Waals surface area contributed by atoms with Crippen molar-refractivity contribution in [2.45, 2.75) is 12.8 Å². The highest BCUT2D eigenvalue weighted by Crippen LogP contribution is 2.27. The molecule has 0 atom stereocenters. The van der Waals surface area contributed by atoms with E-state index in [4.69, 9.17) is 0 Å². The van der Waals surface area contributed by atoms with Crippen LogP contribution in [-0.4, -0.2) is 36.3 Å². The number of rotatable bonds is 2. The number of fused-ring (bicyclic) bond motifs is 1. The van der Waals surface area contributed by atoms with Gasteiger partial charge in [-0.2, -0.15) is 0 Å². The Morgan fingerprint density at radius 1 is 1.05 bits per heavy atom. The molecule has 0 spiro atoms. The van der Waals surface area contributed by atoms with E-state index >= 15 is 0 Å². The molecule has 2 amide bonds. The van der Waals surface area contributed by atoms with E-state index in [9.17, 15) is 18.4 Å². The van der Waals surface area contributed by atoms with Gasteiger partial charge in [0.1, 0.15) is 0 Å². The molecule has 0 aromatic heterocycles. The summed E-state index contributed by atoms with van der Waals surface area (Å²) in [6, 6.07) is 1.63. The number of amides is 2. The third-order valence-electron chi connectivity index (χ3n) is 3.91. The van der Waals surface area contributed by atoms with Crippen molar-refractivity contribution in [2.75, 3.05) is 19.6 Å². The first-order valence-electron chi connectivity index (χ1n) is 6.64. The first-order chi connectivity index (χ1) is 9.58. The van der Waals surface area contributed by atoms with E-state index in [1.165, 1.54) is 0 Å². The molecule has 1 saturated heterocycles. The average molecular weight is 280 g/mol. The molecular formula is C14H14F2N2O2. The van der Waals surface area contributed by atoms with Gasteiger partial charge in [-0.05, 0) is 44.0 Å². The fraction of sp³-hybridized carbons (Fsp3) is 0.429. The maximum Gasteiger partial charge on any atom is 0.261 e. The highest BCUT2D eigenvalue weighted by molar-refractivity contribution is 6.21. The van der Waals surface area contributed by atoms with E-state index in [2.05, 4.69) is 5.32 Å². The largest absolute Gasteiger partial charge is 0.317 e. The highest BCUT2D eigenvalue weighted by Gasteiger charge is 2.37. The van der Waals surface area contributed by atoms with Crippen LogP contribution in [0.5, 0.6) is 0 Å². The molecule has 2 heterocycles. The van der Waals surface area contributed by atoms with Gasteiger partial charge in [-0.15, -0.1) is 0 Å². The second kappa shape index (κ2) is 4.94. The van der Waals surface area contributed by atoms with Crippen molar-refractivity contribution in [1.29, 1.82) is 0 Å². The summed E-state index contributed by atoms with van der Waals surface area (Å²) in [7, 11) is 0. The summed E-state index contributed by atoms with van der Waals surface area (Å²) in [4.78, 5) is 25.4. The molecule has 2 aliphatic heterocycles. The number of halogens is 2. The summed E-state index contributed by atoms with van der Waals surface area (Å²) >= 11 is 0. The number of hydrogen-bond acceptors (Lipinski definition) is 3. The van der Waals surface area contributed by atoms with Crippen molar-refractivity contribution in [3.8, 4) is 0 Å². The quantitative estimate of drug-likeness (QED) is 0.836. The molecule has 0 aliphatic carbocycles. The first-order valence-corrected chi connectivity index (χ1v) is 6.64. The smallest absolute Gasteiger partial charge is 0.261 e. The van der Waals surface area contributed by atoms with Crippen molar-refractivity contribution in [2.24, 2.45) is 5.92 Å². The van der Waals surface area contributed by atoms with Gasteiger partial charge in [0.05, 0.1) is 11.1 Å². The van der Waals surface area contributed by atoms with Gasteiger partial charge in [0.2, 0.25) is 0 Å². The molecule has 1 aromatic rings. The second-order valence-corrected chi connectivity index (χ2v) is 5.23. The van der Waals surface area contributed by atoms with Crippen LogP contribution >= 0.6 is 0 Å². The summed E-state index contributed by atoms with van der Waals surface area (Å²) in [5.41, 5.74) is -0.0781. The zero-order valence-corrected chi connectivity index (χ0v) is 10.8. The second-order valence-electron chi connectivity index (χ2n) is 5.23. The standard InChI is InChI=1S/C14H14F2N2O2/c15-11-5-9-10(6-12(11)16)14(20)18(13(9)19)7-8-1-3-17-4-2-8/h5-6,8,17H,1-4,7H2. The van der Waals surface area contributed by atoms with Gasteiger partial charge >= 0.3 is 0 Å². The fourth-order valence-electron chi connectivity index (χ4n) is 2.77. The lowest BCUT2D eigenvalue weighted by Crippen LogP contribution is -2.38. The molecule has 0 radical (unpaired) electrons. The summed E-state index contributed by atoms with van der Waals surface area (Å²) in [5.74, 6) is -3.01. The van der Waals surface area contributed by atoms with Crippen molar-refractivity contribution in [1.82, 2.24) is 10.2 Å². The molecule has 2 aliphatic rings. The van der Waals surface area contributed by atoms with E-state index in [1.54, 1.807) is 0 Å². The molecule has 20 heavy (non-hydrogen) atoms. The number of hydrogen-bond donors (Lipinski definition) is 1. The van der Waals surface area contributed by atoms with Crippen LogP contribution in [0.25, 0.3) is 0 Å². The normalized spacial score (nSPS) is 19.6. The molecule has 4 nitrogen and oxygen atoms in total. The van der Waals surface area contributed by atoms with Crippen molar-refractivity contribution in [3.63, 3.8) is 0 Å². The Morgan fingerprint density at radius 3 is 2.05 bits per heavy atom. The molecular weight excluding hydrogens is 266 g/mol. The van der Waals surface area contributed by atoms with Gasteiger partial charge in [-0.1, -0.05) is 0 Å². The predicted octanol–water partition coefficient (Wildman–Crippen LogP) is 1.56. The van der Waals surface area contributed by atoms with Crippen LogP contribution in [-0.2, 0) is 0 Å². The SMILES string of the molecule is O=C1c2cc(F)c(F)cc2C(=O)N1CC1CCNCC1. The summed E-state index contributed by atoms with van der Waals surface area (Å²) in [6.07, 6.45) is 1.77. The summed E-state index contributed by atoms with van der Waals surface area (Å²) in [6.45, 7) is 2.03. The third-order valence-corrected chi connectivity index (χ3v) is 3.91. The number of piperidine rings is 1. The molecule has 0 unspecified atom stereocenters. The minimum atomic E-state index is -1.10. The van der Waals surface area contributed by atoms with Crippen LogP contribution in [0.4, 0.5) is 8.78 Å². The van der Waals surface area contributed by atoms with Crippen molar-refractivity contribution in [3.05, 3.63) is 34.9 Å². The van der Waals surface area contributed by atoms with E-state index < -0.39 is 23.4 Å². The van der Waals surface area contributed by atoms with Crippen LogP contribution in [0.3, 0.4) is 0 Å². The first kappa shape index (κ1) is 13.2. The Labute approximate surface area is 114 Å². The summed E-state index contributed by atoms with van der Waals surface area (Å²) < 4.78 is 26.4. The maximum atomic E-state index is 13.2. The van der Waals surface area contributed by atoms with Crippen LogP contribution in [0.1, 0.15) is 33.6 Å². The molecule has 3 rings (SSSR count). The number of imide groups is 1. The number of nitrogens with one attached hydrogen (secondary N) is 1. The molecule has 1 fully saturated rings. The number of carbonyl (C=O) groups is 2. The predicted molar refractivity (Wildman–Crippen MR) is 67.3 cm³/mol. The number of carbonyl (C=O) groups excluding carboxylic acids is 2. The highest BCUT2D eigenvalue weighted by atomic mass is 19.2. The third kappa shape index (κ3) is 2.10. The Morgan fingerprint density at radius 2 is 1.55 bits per heavy atom.